The first kappa shape index (κ1) is 16.3. The maximum atomic E-state index is 12.3. The zero-order chi connectivity index (χ0) is 13.8. The molecule has 110 valence electrons. The van der Waals surface area contributed by atoms with Crippen molar-refractivity contribution in [3.8, 4) is 0 Å². The predicted octanol–water partition coefficient (Wildman–Crippen LogP) is 1.03. The summed E-state index contributed by atoms with van der Waals surface area (Å²) in [5.74, 6) is 0.0129. The van der Waals surface area contributed by atoms with Crippen molar-refractivity contribution in [1.29, 1.82) is 0 Å². The highest BCUT2D eigenvalue weighted by atomic mass is 35.5. The van der Waals surface area contributed by atoms with Gasteiger partial charge in [-0.15, -0.1) is 12.4 Å². The number of carbonyl (C=O) groups excluding carboxylic acids is 2. The predicted molar refractivity (Wildman–Crippen MR) is 80.3 cm³/mol. The van der Waals surface area contributed by atoms with E-state index in [9.17, 15) is 9.59 Å². The Balaban J connectivity index is 0.00000200. The highest BCUT2D eigenvalue weighted by Gasteiger charge is 2.21. The lowest BCUT2D eigenvalue weighted by atomic mass is 10.1. The first-order chi connectivity index (χ1) is 9.06. The molecule has 0 bridgehead atoms. The Morgan fingerprint density at radius 2 is 2.00 bits per heavy atom. The van der Waals surface area contributed by atoms with Crippen LogP contribution in [0.1, 0.15) is 17.3 Å². The minimum atomic E-state index is -0.616. The second-order valence-electron chi connectivity index (χ2n) is 4.67. The number of carbonyl (C=O) groups is 2. The van der Waals surface area contributed by atoms with Crippen molar-refractivity contribution in [3.05, 3.63) is 29.8 Å². The molecule has 0 aromatic heterocycles. The molecule has 0 spiro atoms. The Labute approximate surface area is 124 Å². The quantitative estimate of drug-likeness (QED) is 0.762. The van der Waals surface area contributed by atoms with Gasteiger partial charge < -0.3 is 21.3 Å². The topological polar surface area (TPSA) is 87.5 Å². The van der Waals surface area contributed by atoms with E-state index in [4.69, 9.17) is 5.73 Å². The number of hydrogen-bond donors (Lipinski definition) is 3. The first-order valence-corrected chi connectivity index (χ1v) is 6.25. The van der Waals surface area contributed by atoms with Crippen LogP contribution >= 0.6 is 12.4 Å². The van der Waals surface area contributed by atoms with Crippen molar-refractivity contribution in [2.75, 3.05) is 25.0 Å². The average Bonchev–Trinajstić information content (AvgIpc) is 2.38. The lowest BCUT2D eigenvalue weighted by Crippen LogP contribution is -2.51. The molecular formula is C13H19ClN4O2. The molecule has 7 heteroatoms. The summed E-state index contributed by atoms with van der Waals surface area (Å²) in [6.45, 7) is 4.29. The molecule has 0 saturated carbocycles. The molecule has 1 aromatic carbocycles. The molecule has 1 aliphatic rings. The molecule has 1 heterocycles. The number of urea groups is 1. The fraction of sp³-hybridized carbons (Fsp3) is 0.385. The zero-order valence-corrected chi connectivity index (χ0v) is 12.1. The second kappa shape index (κ2) is 7.12. The molecule has 1 fully saturated rings. The van der Waals surface area contributed by atoms with Crippen LogP contribution in [-0.2, 0) is 0 Å². The molecule has 1 atom stereocenters. The largest absolute Gasteiger partial charge is 0.351 e. The molecule has 1 saturated heterocycles. The van der Waals surface area contributed by atoms with E-state index >= 15 is 0 Å². The summed E-state index contributed by atoms with van der Waals surface area (Å²) in [6.07, 6.45) is 0. The summed E-state index contributed by atoms with van der Waals surface area (Å²) in [5.41, 5.74) is 6.22. The molecule has 1 aliphatic heterocycles. The van der Waals surface area contributed by atoms with Gasteiger partial charge in [-0.1, -0.05) is 0 Å². The van der Waals surface area contributed by atoms with E-state index in [1.807, 2.05) is 4.90 Å². The molecule has 1 unspecified atom stereocenters. The van der Waals surface area contributed by atoms with Crippen LogP contribution in [0.3, 0.4) is 0 Å². The van der Waals surface area contributed by atoms with Gasteiger partial charge in [0.25, 0.3) is 5.91 Å². The molecule has 0 radical (unpaired) electrons. The summed E-state index contributed by atoms with van der Waals surface area (Å²) < 4.78 is 0. The average molecular weight is 299 g/mol. The molecule has 4 N–H and O–H groups in total. The third-order valence-electron chi connectivity index (χ3n) is 3.06. The van der Waals surface area contributed by atoms with E-state index in [2.05, 4.69) is 17.6 Å². The van der Waals surface area contributed by atoms with Crippen LogP contribution in [0.15, 0.2) is 24.3 Å². The van der Waals surface area contributed by atoms with Gasteiger partial charge in [-0.3, -0.25) is 4.79 Å². The van der Waals surface area contributed by atoms with Gasteiger partial charge in [0.2, 0.25) is 0 Å². The third kappa shape index (κ3) is 4.11. The molecule has 1 aromatic rings. The van der Waals surface area contributed by atoms with Crippen LogP contribution in [-0.4, -0.2) is 42.5 Å². The normalized spacial score (nSPS) is 18.1. The number of piperazine rings is 1. The number of benzene rings is 1. The van der Waals surface area contributed by atoms with E-state index < -0.39 is 6.03 Å². The van der Waals surface area contributed by atoms with Crippen molar-refractivity contribution in [2.24, 2.45) is 5.73 Å². The standard InChI is InChI=1S/C13H18N4O2.ClH/c1-9-8-17(7-6-15-9)12(18)10-2-4-11(5-3-10)16-13(14)19;/h2-5,9,15H,6-8H2,1H3,(H3,14,16,19);1H. The van der Waals surface area contributed by atoms with E-state index in [1.165, 1.54) is 0 Å². The number of halogens is 1. The van der Waals surface area contributed by atoms with Crippen LogP contribution in [0.5, 0.6) is 0 Å². The number of nitrogens with zero attached hydrogens (tertiary/aromatic N) is 1. The van der Waals surface area contributed by atoms with E-state index in [0.717, 1.165) is 6.54 Å². The zero-order valence-electron chi connectivity index (χ0n) is 11.3. The van der Waals surface area contributed by atoms with E-state index in [-0.39, 0.29) is 18.3 Å². The van der Waals surface area contributed by atoms with Gasteiger partial charge >= 0.3 is 6.03 Å². The maximum absolute atomic E-state index is 12.3. The van der Waals surface area contributed by atoms with Gasteiger partial charge in [-0.05, 0) is 31.2 Å². The Bertz CT molecular complexity index is 478. The monoisotopic (exact) mass is 298 g/mol. The summed E-state index contributed by atoms with van der Waals surface area (Å²) in [7, 11) is 0. The first-order valence-electron chi connectivity index (χ1n) is 6.25. The Hall–Kier alpha value is -1.79. The fourth-order valence-corrected chi connectivity index (χ4v) is 2.14. The van der Waals surface area contributed by atoms with Crippen molar-refractivity contribution in [2.45, 2.75) is 13.0 Å². The lowest BCUT2D eigenvalue weighted by Gasteiger charge is -2.32. The van der Waals surface area contributed by atoms with Crippen molar-refractivity contribution in [3.63, 3.8) is 0 Å². The summed E-state index contributed by atoms with van der Waals surface area (Å²) >= 11 is 0. The number of nitrogens with two attached hydrogens (primary N) is 1. The summed E-state index contributed by atoms with van der Waals surface area (Å²) in [5, 5.41) is 5.76. The van der Waals surface area contributed by atoms with Gasteiger partial charge in [0.05, 0.1) is 0 Å². The number of hydrogen-bond acceptors (Lipinski definition) is 3. The van der Waals surface area contributed by atoms with Crippen LogP contribution in [0.25, 0.3) is 0 Å². The van der Waals surface area contributed by atoms with E-state index in [1.54, 1.807) is 24.3 Å². The molecule has 2 rings (SSSR count). The third-order valence-corrected chi connectivity index (χ3v) is 3.06. The van der Waals surface area contributed by atoms with Gasteiger partial charge in [-0.2, -0.15) is 0 Å². The Morgan fingerprint density at radius 1 is 1.35 bits per heavy atom. The van der Waals surface area contributed by atoms with Crippen LogP contribution in [0.2, 0.25) is 0 Å². The SMILES string of the molecule is CC1CN(C(=O)c2ccc(NC(N)=O)cc2)CCN1.Cl. The van der Waals surface area contributed by atoms with Gasteiger partial charge in [0.1, 0.15) is 0 Å². The van der Waals surface area contributed by atoms with Crippen LogP contribution in [0.4, 0.5) is 10.5 Å². The van der Waals surface area contributed by atoms with Crippen molar-refractivity contribution in [1.82, 2.24) is 10.2 Å². The smallest absolute Gasteiger partial charge is 0.316 e. The van der Waals surface area contributed by atoms with Crippen LogP contribution < -0.4 is 16.4 Å². The number of rotatable bonds is 2. The number of primary amides is 1. The highest BCUT2D eigenvalue weighted by molar-refractivity contribution is 5.95. The Morgan fingerprint density at radius 3 is 2.55 bits per heavy atom. The lowest BCUT2D eigenvalue weighted by molar-refractivity contribution is 0.0709. The molecular weight excluding hydrogens is 280 g/mol. The maximum Gasteiger partial charge on any atom is 0.316 e. The molecule has 20 heavy (non-hydrogen) atoms. The highest BCUT2D eigenvalue weighted by Crippen LogP contribution is 2.12. The van der Waals surface area contributed by atoms with Crippen molar-refractivity contribution < 1.29 is 9.59 Å². The summed E-state index contributed by atoms with van der Waals surface area (Å²) in [4.78, 5) is 24.8. The van der Waals surface area contributed by atoms with Crippen molar-refractivity contribution >= 4 is 30.0 Å². The van der Waals surface area contributed by atoms with E-state index in [0.29, 0.717) is 30.4 Å². The number of amides is 3. The summed E-state index contributed by atoms with van der Waals surface area (Å²) in [6, 6.07) is 6.43. The molecule has 6 nitrogen and oxygen atoms in total. The molecule has 0 aliphatic carbocycles. The van der Waals surface area contributed by atoms with Gasteiger partial charge in [0.15, 0.2) is 0 Å². The van der Waals surface area contributed by atoms with Gasteiger partial charge in [0, 0.05) is 36.9 Å². The second-order valence-corrected chi connectivity index (χ2v) is 4.67. The fourth-order valence-electron chi connectivity index (χ4n) is 2.14. The van der Waals surface area contributed by atoms with Gasteiger partial charge in [-0.25, -0.2) is 4.79 Å². The number of anilines is 1. The minimum Gasteiger partial charge on any atom is -0.351 e. The molecule has 3 amide bonds. The number of nitrogens with one attached hydrogen (secondary N) is 2. The minimum absolute atomic E-state index is 0. The Kier molecular flexibility index (Phi) is 5.79. The van der Waals surface area contributed by atoms with Crippen LogP contribution in [0, 0.1) is 0 Å².